The lowest BCUT2D eigenvalue weighted by Crippen LogP contribution is -2.47. The molecule has 1 aromatic rings. The summed E-state index contributed by atoms with van der Waals surface area (Å²) in [5, 5.41) is 9.52. The first kappa shape index (κ1) is 18.8. The largest absolute Gasteiger partial charge is 0.480 e. The number of halogens is 1. The van der Waals surface area contributed by atoms with E-state index in [0.717, 1.165) is 0 Å². The van der Waals surface area contributed by atoms with Crippen LogP contribution in [0.5, 0.6) is 0 Å². The van der Waals surface area contributed by atoms with Crippen molar-refractivity contribution in [3.63, 3.8) is 0 Å². The van der Waals surface area contributed by atoms with Gasteiger partial charge in [0.2, 0.25) is 10.0 Å². The summed E-state index contributed by atoms with van der Waals surface area (Å²) in [6.45, 7) is 2.74. The molecule has 24 heavy (non-hydrogen) atoms. The van der Waals surface area contributed by atoms with Gasteiger partial charge in [0.15, 0.2) is 0 Å². The van der Waals surface area contributed by atoms with E-state index < -0.39 is 27.9 Å². The van der Waals surface area contributed by atoms with Gasteiger partial charge in [0.05, 0.1) is 5.75 Å². The molecule has 0 aliphatic carbocycles. The normalized spacial score (nSPS) is 18.4. The van der Waals surface area contributed by atoms with Crippen LogP contribution in [0.3, 0.4) is 0 Å². The third-order valence-electron chi connectivity index (χ3n) is 4.13. The average molecular weight is 358 g/mol. The lowest BCUT2D eigenvalue weighted by Gasteiger charge is -2.36. The van der Waals surface area contributed by atoms with Crippen LogP contribution in [0.4, 0.5) is 4.39 Å². The van der Waals surface area contributed by atoms with Gasteiger partial charge in [-0.3, -0.25) is 9.69 Å². The van der Waals surface area contributed by atoms with Crippen molar-refractivity contribution < 1.29 is 22.7 Å². The van der Waals surface area contributed by atoms with Crippen LogP contribution in [0.1, 0.15) is 37.8 Å². The minimum absolute atomic E-state index is 0.0978. The predicted molar refractivity (Wildman–Crippen MR) is 88.6 cm³/mol. The molecule has 0 saturated carbocycles. The Labute approximate surface area is 141 Å². The number of hydrogen-bond donors (Lipinski definition) is 2. The Bertz CT molecular complexity index is 655. The molecule has 0 bridgehead atoms. The van der Waals surface area contributed by atoms with Crippen LogP contribution in [0, 0.1) is 5.82 Å². The molecule has 1 fully saturated rings. The summed E-state index contributed by atoms with van der Waals surface area (Å²) >= 11 is 0. The maximum absolute atomic E-state index is 13.0. The summed E-state index contributed by atoms with van der Waals surface area (Å²) in [6, 6.07) is 4.43. The van der Waals surface area contributed by atoms with E-state index in [2.05, 4.69) is 4.72 Å². The van der Waals surface area contributed by atoms with Crippen molar-refractivity contribution in [3.05, 3.63) is 35.6 Å². The highest BCUT2D eigenvalue weighted by Gasteiger charge is 2.32. The van der Waals surface area contributed by atoms with Crippen LogP contribution in [-0.2, 0) is 14.8 Å². The molecule has 1 aromatic carbocycles. The zero-order chi connectivity index (χ0) is 17.7. The predicted octanol–water partition coefficient (Wildman–Crippen LogP) is 1.75. The van der Waals surface area contributed by atoms with Crippen molar-refractivity contribution in [1.29, 1.82) is 0 Å². The van der Waals surface area contributed by atoms with Gasteiger partial charge < -0.3 is 5.11 Å². The quantitative estimate of drug-likeness (QED) is 0.775. The number of piperidine rings is 1. The summed E-state index contributed by atoms with van der Waals surface area (Å²) in [5.74, 6) is -1.31. The summed E-state index contributed by atoms with van der Waals surface area (Å²) in [4.78, 5) is 13.4. The van der Waals surface area contributed by atoms with Gasteiger partial charge in [-0.15, -0.1) is 0 Å². The van der Waals surface area contributed by atoms with Gasteiger partial charge in [-0.05, 0) is 37.0 Å². The Kier molecular flexibility index (Phi) is 6.31. The van der Waals surface area contributed by atoms with Crippen LogP contribution < -0.4 is 4.72 Å². The Hall–Kier alpha value is -1.51. The van der Waals surface area contributed by atoms with Crippen LogP contribution >= 0.6 is 0 Å². The monoisotopic (exact) mass is 358 g/mol. The van der Waals surface area contributed by atoms with Crippen molar-refractivity contribution in [2.75, 3.05) is 18.8 Å². The maximum Gasteiger partial charge on any atom is 0.325 e. The number of carbonyl (C=O) groups is 1. The Morgan fingerprint density at radius 3 is 2.42 bits per heavy atom. The molecule has 0 amide bonds. The minimum Gasteiger partial charge on any atom is -0.480 e. The fourth-order valence-corrected chi connectivity index (χ4v) is 4.41. The topological polar surface area (TPSA) is 86.7 Å². The third kappa shape index (κ3) is 4.99. The van der Waals surface area contributed by atoms with E-state index in [0.29, 0.717) is 37.9 Å². The number of rotatable bonds is 7. The molecule has 2 rings (SSSR count). The third-order valence-corrected chi connectivity index (χ3v) is 5.77. The van der Waals surface area contributed by atoms with Crippen LogP contribution in [-0.4, -0.2) is 49.3 Å². The molecule has 134 valence electrons. The van der Waals surface area contributed by atoms with E-state index in [1.54, 1.807) is 4.90 Å². The zero-order valence-electron chi connectivity index (χ0n) is 13.6. The van der Waals surface area contributed by atoms with Crippen LogP contribution in [0.2, 0.25) is 0 Å². The number of hydrogen-bond acceptors (Lipinski definition) is 4. The molecular weight excluding hydrogens is 335 g/mol. The Balaban J connectivity index is 2.01. The molecule has 0 radical (unpaired) electrons. The lowest BCUT2D eigenvalue weighted by atomic mass is 10.00. The average Bonchev–Trinajstić information content (AvgIpc) is 2.50. The van der Waals surface area contributed by atoms with Crippen molar-refractivity contribution >= 4 is 16.0 Å². The molecule has 1 aliphatic heterocycles. The maximum atomic E-state index is 13.0. The summed E-state index contributed by atoms with van der Waals surface area (Å²) < 4.78 is 39.4. The molecule has 1 unspecified atom stereocenters. The van der Waals surface area contributed by atoms with Gasteiger partial charge in [0.1, 0.15) is 11.9 Å². The van der Waals surface area contributed by atoms with Crippen LogP contribution in [0.25, 0.3) is 0 Å². The number of nitrogens with zero attached hydrogens (tertiary/aromatic N) is 1. The van der Waals surface area contributed by atoms with Crippen molar-refractivity contribution in [2.24, 2.45) is 0 Å². The molecule has 6 nitrogen and oxygen atoms in total. The summed E-state index contributed by atoms with van der Waals surface area (Å²) in [7, 11) is -3.27. The first-order valence-corrected chi connectivity index (χ1v) is 9.70. The highest BCUT2D eigenvalue weighted by atomic mass is 32.2. The summed E-state index contributed by atoms with van der Waals surface area (Å²) in [5.41, 5.74) is 0.522. The molecule has 0 spiro atoms. The van der Waals surface area contributed by atoms with E-state index in [-0.39, 0.29) is 11.8 Å². The molecule has 1 atom stereocenters. The molecule has 1 saturated heterocycles. The fourth-order valence-electron chi connectivity index (χ4n) is 3.01. The molecule has 1 heterocycles. The standard InChI is InChI=1S/C16H23FN2O4S/c1-2-11-24(22,23)18-14-7-9-19(10-8-14)15(16(20)21)12-3-5-13(17)6-4-12/h3-6,14-15,18H,2,7-11H2,1H3,(H,20,21). The molecule has 8 heteroatoms. The van der Waals surface area contributed by atoms with Gasteiger partial charge in [-0.1, -0.05) is 19.1 Å². The van der Waals surface area contributed by atoms with Gasteiger partial charge in [0.25, 0.3) is 0 Å². The second kappa shape index (κ2) is 8.04. The molecule has 0 aromatic heterocycles. The molecule has 1 aliphatic rings. The Morgan fingerprint density at radius 1 is 1.33 bits per heavy atom. The second-order valence-electron chi connectivity index (χ2n) is 6.04. The van der Waals surface area contributed by atoms with Crippen molar-refractivity contribution in [3.8, 4) is 0 Å². The van der Waals surface area contributed by atoms with Gasteiger partial charge in [-0.2, -0.15) is 0 Å². The number of carboxylic acid groups (broad SMARTS) is 1. The summed E-state index contributed by atoms with van der Waals surface area (Å²) in [6.07, 6.45) is 1.65. The highest BCUT2D eigenvalue weighted by Crippen LogP contribution is 2.25. The number of carboxylic acids is 1. The van der Waals surface area contributed by atoms with Gasteiger partial charge in [-0.25, -0.2) is 17.5 Å². The minimum atomic E-state index is -3.27. The van der Waals surface area contributed by atoms with Crippen molar-refractivity contribution in [2.45, 2.75) is 38.3 Å². The first-order chi connectivity index (χ1) is 11.3. The van der Waals surface area contributed by atoms with Gasteiger partial charge >= 0.3 is 5.97 Å². The molecule has 2 N–H and O–H groups in total. The van der Waals surface area contributed by atoms with Gasteiger partial charge in [0, 0.05) is 19.1 Å². The molecular formula is C16H23FN2O4S. The Morgan fingerprint density at radius 2 is 1.92 bits per heavy atom. The zero-order valence-corrected chi connectivity index (χ0v) is 14.4. The van der Waals surface area contributed by atoms with E-state index in [4.69, 9.17) is 0 Å². The number of likely N-dealkylation sites (tertiary alicyclic amines) is 1. The lowest BCUT2D eigenvalue weighted by molar-refractivity contribution is -0.144. The first-order valence-electron chi connectivity index (χ1n) is 8.04. The highest BCUT2D eigenvalue weighted by molar-refractivity contribution is 7.89. The number of aliphatic carboxylic acids is 1. The van der Waals surface area contributed by atoms with Crippen LogP contribution in [0.15, 0.2) is 24.3 Å². The van der Waals surface area contributed by atoms with E-state index in [9.17, 15) is 22.7 Å². The second-order valence-corrected chi connectivity index (χ2v) is 7.91. The fraction of sp³-hybridized carbons (Fsp3) is 0.562. The number of sulfonamides is 1. The SMILES string of the molecule is CCCS(=O)(=O)NC1CCN(C(C(=O)O)c2ccc(F)cc2)CC1. The van der Waals surface area contributed by atoms with Crippen molar-refractivity contribution in [1.82, 2.24) is 9.62 Å². The number of benzene rings is 1. The van der Waals surface area contributed by atoms with E-state index in [1.807, 2.05) is 6.92 Å². The smallest absolute Gasteiger partial charge is 0.325 e. The van der Waals surface area contributed by atoms with E-state index in [1.165, 1.54) is 24.3 Å². The number of nitrogens with one attached hydrogen (secondary N) is 1. The van der Waals surface area contributed by atoms with E-state index >= 15 is 0 Å².